The van der Waals surface area contributed by atoms with E-state index in [1.54, 1.807) is 0 Å². The van der Waals surface area contributed by atoms with Gasteiger partial charge >= 0.3 is 5.97 Å². The number of rotatable bonds is 5. The largest absolute Gasteiger partial charge is 0.492 e. The van der Waals surface area contributed by atoms with Crippen LogP contribution in [-0.4, -0.2) is 19.7 Å². The molecule has 0 saturated heterocycles. The van der Waals surface area contributed by atoms with Crippen LogP contribution in [0.25, 0.3) is 0 Å². The molecule has 1 aliphatic rings. The molecule has 0 aromatic heterocycles. The molecule has 1 aliphatic carbocycles. The van der Waals surface area contributed by atoms with E-state index in [0.717, 1.165) is 18.4 Å². The van der Waals surface area contributed by atoms with Gasteiger partial charge in [0.25, 0.3) is 0 Å². The van der Waals surface area contributed by atoms with Gasteiger partial charge in [0.15, 0.2) is 0 Å². The van der Waals surface area contributed by atoms with Crippen molar-refractivity contribution in [2.45, 2.75) is 26.2 Å². The molecule has 0 heterocycles. The van der Waals surface area contributed by atoms with Crippen molar-refractivity contribution < 1.29 is 14.3 Å². The zero-order chi connectivity index (χ0) is 13.2. The highest BCUT2D eigenvalue weighted by atomic mass is 35.5. The topological polar surface area (TPSA) is 35.5 Å². The summed E-state index contributed by atoms with van der Waals surface area (Å²) in [5.41, 5.74) is 0.733. The molecule has 4 heteroatoms. The summed E-state index contributed by atoms with van der Waals surface area (Å²) < 4.78 is 10.2. The highest BCUT2D eigenvalue weighted by Gasteiger charge is 2.50. The second kappa shape index (κ2) is 5.19. The second-order valence-electron chi connectivity index (χ2n) is 4.65. The van der Waals surface area contributed by atoms with Crippen molar-refractivity contribution in [1.82, 2.24) is 0 Å². The Hall–Kier alpha value is -1.22. The van der Waals surface area contributed by atoms with Crippen LogP contribution in [0, 0.1) is 5.41 Å². The standard InChI is InChI=1S/C14H17ClO3/c1-3-18-12-5-4-10(8-11(12)15)9-14(6-7-14)13(16)17-2/h4-5,8H,3,6-7,9H2,1-2H3. The van der Waals surface area contributed by atoms with Gasteiger partial charge in [-0.15, -0.1) is 0 Å². The second-order valence-corrected chi connectivity index (χ2v) is 5.05. The number of carbonyl (C=O) groups is 1. The zero-order valence-corrected chi connectivity index (χ0v) is 11.4. The Kier molecular flexibility index (Phi) is 3.81. The molecule has 2 rings (SSSR count). The fraction of sp³-hybridized carbons (Fsp3) is 0.500. The Morgan fingerprint density at radius 3 is 2.67 bits per heavy atom. The van der Waals surface area contributed by atoms with Crippen LogP contribution in [0.1, 0.15) is 25.3 Å². The van der Waals surface area contributed by atoms with Gasteiger partial charge in [-0.25, -0.2) is 0 Å². The molecule has 0 N–H and O–H groups in total. The number of benzene rings is 1. The van der Waals surface area contributed by atoms with Crippen molar-refractivity contribution >= 4 is 17.6 Å². The molecule has 1 saturated carbocycles. The third-order valence-electron chi connectivity index (χ3n) is 3.31. The van der Waals surface area contributed by atoms with Crippen molar-refractivity contribution in [1.29, 1.82) is 0 Å². The van der Waals surface area contributed by atoms with Gasteiger partial charge in [-0.3, -0.25) is 4.79 Å². The van der Waals surface area contributed by atoms with Crippen LogP contribution in [-0.2, 0) is 16.0 Å². The number of ether oxygens (including phenoxy) is 2. The van der Waals surface area contributed by atoms with Crippen LogP contribution in [0.4, 0.5) is 0 Å². The fourth-order valence-corrected chi connectivity index (χ4v) is 2.40. The monoisotopic (exact) mass is 268 g/mol. The molecule has 18 heavy (non-hydrogen) atoms. The molecule has 0 unspecified atom stereocenters. The van der Waals surface area contributed by atoms with Gasteiger partial charge in [-0.1, -0.05) is 17.7 Å². The minimum Gasteiger partial charge on any atom is -0.492 e. The quantitative estimate of drug-likeness (QED) is 0.769. The maximum atomic E-state index is 11.7. The molecule has 98 valence electrons. The van der Waals surface area contributed by atoms with Gasteiger partial charge < -0.3 is 9.47 Å². The van der Waals surface area contributed by atoms with E-state index in [-0.39, 0.29) is 11.4 Å². The van der Waals surface area contributed by atoms with Crippen LogP contribution in [0.2, 0.25) is 5.02 Å². The van der Waals surface area contributed by atoms with Gasteiger partial charge in [0.05, 0.1) is 24.2 Å². The first-order valence-electron chi connectivity index (χ1n) is 6.11. The molecule has 0 radical (unpaired) electrons. The highest BCUT2D eigenvalue weighted by molar-refractivity contribution is 6.32. The van der Waals surface area contributed by atoms with Crippen molar-refractivity contribution in [2.75, 3.05) is 13.7 Å². The van der Waals surface area contributed by atoms with Gasteiger partial charge in [0.2, 0.25) is 0 Å². The SMILES string of the molecule is CCOc1ccc(CC2(C(=O)OC)CC2)cc1Cl. The maximum Gasteiger partial charge on any atom is 0.312 e. The molecule has 0 spiro atoms. The van der Waals surface area contributed by atoms with E-state index >= 15 is 0 Å². The average molecular weight is 269 g/mol. The summed E-state index contributed by atoms with van der Waals surface area (Å²) in [7, 11) is 1.44. The van der Waals surface area contributed by atoms with Gasteiger partial charge in [-0.2, -0.15) is 0 Å². The number of hydrogen-bond acceptors (Lipinski definition) is 3. The minimum atomic E-state index is -0.314. The minimum absolute atomic E-state index is 0.118. The lowest BCUT2D eigenvalue weighted by molar-refractivity contribution is -0.147. The third-order valence-corrected chi connectivity index (χ3v) is 3.61. The molecule has 0 aliphatic heterocycles. The van der Waals surface area contributed by atoms with Crippen molar-refractivity contribution in [3.05, 3.63) is 28.8 Å². The van der Waals surface area contributed by atoms with Crippen LogP contribution >= 0.6 is 11.6 Å². The maximum absolute atomic E-state index is 11.7. The molecule has 0 amide bonds. The first kappa shape index (κ1) is 13.2. The number of halogens is 1. The van der Waals surface area contributed by atoms with E-state index in [9.17, 15) is 4.79 Å². The van der Waals surface area contributed by atoms with Crippen LogP contribution in [0.15, 0.2) is 18.2 Å². The van der Waals surface area contributed by atoms with Crippen molar-refractivity contribution in [2.24, 2.45) is 5.41 Å². The van der Waals surface area contributed by atoms with E-state index in [1.165, 1.54) is 7.11 Å². The fourth-order valence-electron chi connectivity index (χ4n) is 2.14. The summed E-state index contributed by atoms with van der Waals surface area (Å²) in [5, 5.41) is 0.593. The van der Waals surface area contributed by atoms with Crippen LogP contribution < -0.4 is 4.74 Å². The number of hydrogen-bond donors (Lipinski definition) is 0. The number of methoxy groups -OCH3 is 1. The van der Waals surface area contributed by atoms with Gasteiger partial charge in [-0.05, 0) is 43.9 Å². The lowest BCUT2D eigenvalue weighted by Gasteiger charge is -2.13. The Balaban J connectivity index is 2.11. The summed E-state index contributed by atoms with van der Waals surface area (Å²) in [5.74, 6) is 0.568. The Morgan fingerprint density at radius 1 is 1.44 bits per heavy atom. The van der Waals surface area contributed by atoms with Crippen molar-refractivity contribution in [3.8, 4) is 5.75 Å². The number of carbonyl (C=O) groups excluding carboxylic acids is 1. The Bertz CT molecular complexity index is 452. The van der Waals surface area contributed by atoms with E-state index in [2.05, 4.69) is 0 Å². The summed E-state index contributed by atoms with van der Waals surface area (Å²) in [6.45, 7) is 2.51. The summed E-state index contributed by atoms with van der Waals surface area (Å²) in [6, 6.07) is 5.68. The Morgan fingerprint density at radius 2 is 2.17 bits per heavy atom. The average Bonchev–Trinajstić information content (AvgIpc) is 3.13. The predicted molar refractivity (Wildman–Crippen MR) is 70.0 cm³/mol. The van der Waals surface area contributed by atoms with Crippen LogP contribution in [0.3, 0.4) is 0 Å². The van der Waals surface area contributed by atoms with E-state index in [1.807, 2.05) is 25.1 Å². The molecule has 3 nitrogen and oxygen atoms in total. The first-order valence-corrected chi connectivity index (χ1v) is 6.49. The summed E-state index contributed by atoms with van der Waals surface area (Å²) in [6.07, 6.45) is 2.47. The molecule has 1 aromatic rings. The highest BCUT2D eigenvalue weighted by Crippen LogP contribution is 2.49. The smallest absolute Gasteiger partial charge is 0.312 e. The third kappa shape index (κ3) is 2.61. The van der Waals surface area contributed by atoms with E-state index in [4.69, 9.17) is 21.1 Å². The first-order chi connectivity index (χ1) is 8.61. The lowest BCUT2D eigenvalue weighted by atomic mass is 9.96. The van der Waals surface area contributed by atoms with Crippen LogP contribution in [0.5, 0.6) is 5.75 Å². The van der Waals surface area contributed by atoms with E-state index in [0.29, 0.717) is 23.8 Å². The van der Waals surface area contributed by atoms with Gasteiger partial charge in [0.1, 0.15) is 5.75 Å². The lowest BCUT2D eigenvalue weighted by Crippen LogP contribution is -2.19. The normalized spacial score (nSPS) is 16.2. The molecule has 0 bridgehead atoms. The predicted octanol–water partition coefficient (Wildman–Crippen LogP) is 3.23. The molecular weight excluding hydrogens is 252 g/mol. The van der Waals surface area contributed by atoms with Gasteiger partial charge in [0, 0.05) is 0 Å². The van der Waals surface area contributed by atoms with Crippen molar-refractivity contribution in [3.63, 3.8) is 0 Å². The zero-order valence-electron chi connectivity index (χ0n) is 10.7. The molecule has 0 atom stereocenters. The Labute approximate surface area is 112 Å². The number of esters is 1. The molecule has 1 aromatic carbocycles. The van der Waals surface area contributed by atoms with E-state index < -0.39 is 0 Å². The molecule has 1 fully saturated rings. The summed E-state index contributed by atoms with van der Waals surface area (Å²) >= 11 is 6.13. The molecular formula is C14H17ClO3. The summed E-state index contributed by atoms with van der Waals surface area (Å²) in [4.78, 5) is 11.7.